The lowest BCUT2D eigenvalue weighted by molar-refractivity contribution is 0.414. The van der Waals surface area contributed by atoms with E-state index in [0.29, 0.717) is 17.9 Å². The van der Waals surface area contributed by atoms with E-state index in [0.717, 1.165) is 16.9 Å². The number of sulfonamides is 1. The fourth-order valence-corrected chi connectivity index (χ4v) is 3.33. The molecule has 112 valence electrons. The second-order valence-corrected chi connectivity index (χ2v) is 6.50. The lowest BCUT2D eigenvalue weighted by Crippen LogP contribution is -2.26. The van der Waals surface area contributed by atoms with Crippen LogP contribution in [0.15, 0.2) is 53.4 Å². The maximum atomic E-state index is 12.2. The van der Waals surface area contributed by atoms with Crippen LogP contribution >= 0.6 is 0 Å². The summed E-state index contributed by atoms with van der Waals surface area (Å²) in [6.45, 7) is 2.15. The van der Waals surface area contributed by atoms with Crippen molar-refractivity contribution in [3.8, 4) is 5.75 Å². The molecule has 0 aliphatic carbocycles. The third-order valence-corrected chi connectivity index (χ3v) is 4.87. The number of aryl methyl sites for hydroxylation is 1. The molecule has 0 aliphatic rings. The van der Waals surface area contributed by atoms with Gasteiger partial charge in [0.05, 0.1) is 12.0 Å². The molecule has 0 heterocycles. The Hall–Kier alpha value is -1.85. The minimum atomic E-state index is -3.45. The molecule has 0 unspecified atom stereocenters. The Bertz CT molecular complexity index is 694. The monoisotopic (exact) mass is 305 g/mol. The predicted molar refractivity (Wildman–Crippen MR) is 83.1 cm³/mol. The number of nitrogens with one attached hydrogen (secondary N) is 1. The van der Waals surface area contributed by atoms with E-state index in [4.69, 9.17) is 4.74 Å². The Labute approximate surface area is 125 Å². The van der Waals surface area contributed by atoms with Crippen LogP contribution < -0.4 is 9.46 Å². The zero-order valence-corrected chi connectivity index (χ0v) is 13.0. The fourth-order valence-electron chi connectivity index (χ4n) is 2.06. The van der Waals surface area contributed by atoms with E-state index < -0.39 is 10.0 Å². The zero-order chi connectivity index (χ0) is 15.3. The Kier molecular flexibility index (Phi) is 4.98. The summed E-state index contributed by atoms with van der Waals surface area (Å²) < 4.78 is 32.1. The molecule has 2 aromatic carbocycles. The maximum absolute atomic E-state index is 12.2. The second-order valence-electron chi connectivity index (χ2n) is 4.76. The molecule has 4 nitrogen and oxygen atoms in total. The minimum Gasteiger partial charge on any atom is -0.497 e. The van der Waals surface area contributed by atoms with E-state index in [-0.39, 0.29) is 0 Å². The summed E-state index contributed by atoms with van der Waals surface area (Å²) in [5.41, 5.74) is 1.80. The third kappa shape index (κ3) is 4.06. The molecule has 1 N–H and O–H groups in total. The van der Waals surface area contributed by atoms with E-state index in [1.54, 1.807) is 32.2 Å². The summed E-state index contributed by atoms with van der Waals surface area (Å²) in [5, 5.41) is 0. The minimum absolute atomic E-state index is 0.333. The molecule has 0 bridgehead atoms. The van der Waals surface area contributed by atoms with Crippen LogP contribution in [-0.2, 0) is 16.4 Å². The third-order valence-electron chi connectivity index (χ3n) is 3.25. The molecule has 21 heavy (non-hydrogen) atoms. The highest BCUT2D eigenvalue weighted by molar-refractivity contribution is 7.89. The van der Waals surface area contributed by atoms with Crippen molar-refractivity contribution in [3.05, 3.63) is 59.7 Å². The van der Waals surface area contributed by atoms with Gasteiger partial charge in [0, 0.05) is 6.54 Å². The van der Waals surface area contributed by atoms with Gasteiger partial charge in [-0.05, 0) is 42.7 Å². The lowest BCUT2D eigenvalue weighted by Gasteiger charge is -2.09. The average molecular weight is 305 g/mol. The van der Waals surface area contributed by atoms with Gasteiger partial charge in [0.25, 0.3) is 0 Å². The van der Waals surface area contributed by atoms with Gasteiger partial charge in [-0.1, -0.05) is 30.3 Å². The fraction of sp³-hybridized carbons (Fsp3) is 0.250. The first-order chi connectivity index (χ1) is 10.0. The highest BCUT2D eigenvalue weighted by Crippen LogP contribution is 2.14. The summed E-state index contributed by atoms with van der Waals surface area (Å²) in [6.07, 6.45) is 0.634. The molecule has 0 radical (unpaired) electrons. The van der Waals surface area contributed by atoms with E-state index in [1.165, 1.54) is 0 Å². The molecule has 0 saturated carbocycles. The number of benzene rings is 2. The molecular weight excluding hydrogens is 286 g/mol. The highest BCUT2D eigenvalue weighted by atomic mass is 32.2. The van der Waals surface area contributed by atoms with Crippen molar-refractivity contribution >= 4 is 10.0 Å². The molecule has 2 rings (SSSR count). The first-order valence-corrected chi connectivity index (χ1v) is 8.19. The van der Waals surface area contributed by atoms with Gasteiger partial charge in [0.2, 0.25) is 10.0 Å². The Balaban J connectivity index is 1.97. The number of rotatable bonds is 6. The van der Waals surface area contributed by atoms with Crippen molar-refractivity contribution in [1.82, 2.24) is 4.72 Å². The van der Waals surface area contributed by atoms with Gasteiger partial charge in [0.15, 0.2) is 0 Å². The summed E-state index contributed by atoms with van der Waals surface area (Å²) in [5.74, 6) is 0.791. The van der Waals surface area contributed by atoms with Crippen LogP contribution in [0.4, 0.5) is 0 Å². The number of ether oxygens (including phenoxy) is 1. The zero-order valence-electron chi connectivity index (χ0n) is 12.2. The Morgan fingerprint density at radius 3 is 2.33 bits per heavy atom. The largest absolute Gasteiger partial charge is 0.497 e. The Morgan fingerprint density at radius 2 is 1.71 bits per heavy atom. The van der Waals surface area contributed by atoms with Gasteiger partial charge in [-0.2, -0.15) is 0 Å². The average Bonchev–Trinajstić information content (AvgIpc) is 2.48. The molecule has 0 fully saturated rings. The summed E-state index contributed by atoms with van der Waals surface area (Å²) >= 11 is 0. The predicted octanol–water partition coefficient (Wildman–Crippen LogP) is 2.52. The van der Waals surface area contributed by atoms with E-state index in [9.17, 15) is 8.42 Å². The lowest BCUT2D eigenvalue weighted by atomic mass is 10.1. The second kappa shape index (κ2) is 6.74. The maximum Gasteiger partial charge on any atom is 0.240 e. The Morgan fingerprint density at radius 1 is 1.05 bits per heavy atom. The first kappa shape index (κ1) is 15.5. The van der Waals surface area contributed by atoms with Crippen LogP contribution in [0.5, 0.6) is 5.75 Å². The summed E-state index contributed by atoms with van der Waals surface area (Å²) in [6, 6.07) is 14.6. The molecule has 0 aromatic heterocycles. The van der Waals surface area contributed by atoms with Crippen molar-refractivity contribution in [2.75, 3.05) is 13.7 Å². The van der Waals surface area contributed by atoms with Crippen LogP contribution in [0.2, 0.25) is 0 Å². The standard InChI is InChI=1S/C16H19NO3S/c1-13-5-3-4-6-16(13)21(18,19)17-12-11-14-7-9-15(20-2)10-8-14/h3-10,17H,11-12H2,1-2H3. The smallest absolute Gasteiger partial charge is 0.240 e. The van der Waals surface area contributed by atoms with Gasteiger partial charge in [-0.15, -0.1) is 0 Å². The molecule has 0 atom stereocenters. The first-order valence-electron chi connectivity index (χ1n) is 6.71. The number of hydrogen-bond donors (Lipinski definition) is 1. The molecule has 0 saturated heterocycles. The molecule has 5 heteroatoms. The SMILES string of the molecule is COc1ccc(CCNS(=O)(=O)c2ccccc2C)cc1. The van der Waals surface area contributed by atoms with Crippen LogP contribution in [-0.4, -0.2) is 22.1 Å². The molecule has 0 spiro atoms. The topological polar surface area (TPSA) is 55.4 Å². The van der Waals surface area contributed by atoms with Gasteiger partial charge < -0.3 is 4.74 Å². The molecule has 2 aromatic rings. The number of hydrogen-bond acceptors (Lipinski definition) is 3. The van der Waals surface area contributed by atoms with E-state index in [1.807, 2.05) is 30.3 Å². The van der Waals surface area contributed by atoms with Gasteiger partial charge in [-0.25, -0.2) is 13.1 Å². The normalized spacial score (nSPS) is 11.3. The van der Waals surface area contributed by atoms with Crippen LogP contribution in [0.1, 0.15) is 11.1 Å². The van der Waals surface area contributed by atoms with Crippen molar-refractivity contribution in [2.45, 2.75) is 18.2 Å². The van der Waals surface area contributed by atoms with Gasteiger partial charge in [0.1, 0.15) is 5.75 Å². The highest BCUT2D eigenvalue weighted by Gasteiger charge is 2.15. The molecular formula is C16H19NO3S. The van der Waals surface area contributed by atoms with Gasteiger partial charge >= 0.3 is 0 Å². The van der Waals surface area contributed by atoms with Crippen molar-refractivity contribution in [1.29, 1.82) is 0 Å². The van der Waals surface area contributed by atoms with Gasteiger partial charge in [-0.3, -0.25) is 0 Å². The molecule has 0 aliphatic heterocycles. The van der Waals surface area contributed by atoms with Crippen molar-refractivity contribution < 1.29 is 13.2 Å². The summed E-state index contributed by atoms with van der Waals surface area (Å²) in [7, 11) is -1.83. The van der Waals surface area contributed by atoms with E-state index in [2.05, 4.69) is 4.72 Å². The van der Waals surface area contributed by atoms with E-state index >= 15 is 0 Å². The molecule has 0 amide bonds. The van der Waals surface area contributed by atoms with Crippen molar-refractivity contribution in [2.24, 2.45) is 0 Å². The van der Waals surface area contributed by atoms with Crippen LogP contribution in [0.3, 0.4) is 0 Å². The van der Waals surface area contributed by atoms with Crippen molar-refractivity contribution in [3.63, 3.8) is 0 Å². The van der Waals surface area contributed by atoms with Crippen LogP contribution in [0.25, 0.3) is 0 Å². The summed E-state index contributed by atoms with van der Waals surface area (Å²) in [4.78, 5) is 0.333. The van der Waals surface area contributed by atoms with Crippen LogP contribution in [0, 0.1) is 6.92 Å². The quantitative estimate of drug-likeness (QED) is 0.892. The number of methoxy groups -OCH3 is 1.